The van der Waals surface area contributed by atoms with Crippen LogP contribution in [0, 0.1) is 6.92 Å². The fourth-order valence-electron chi connectivity index (χ4n) is 1.63. The van der Waals surface area contributed by atoms with Crippen LogP contribution in [0.15, 0.2) is 41.5 Å². The molecule has 0 aromatic carbocycles. The molecule has 0 aliphatic heterocycles. The average Bonchev–Trinajstić information content (AvgIpc) is 2.40. The highest BCUT2D eigenvalue weighted by Crippen LogP contribution is 1.93. The van der Waals surface area contributed by atoms with Gasteiger partial charge in [-0.2, -0.15) is 5.10 Å². The Hall–Kier alpha value is -2.01. The lowest BCUT2D eigenvalue weighted by atomic mass is 10.3. The number of nitrogens with zero attached hydrogens (tertiary/aromatic N) is 3. The molecule has 2 rings (SSSR count). The summed E-state index contributed by atoms with van der Waals surface area (Å²) in [5.41, 5.74) is 1.91. The van der Waals surface area contributed by atoms with Gasteiger partial charge < -0.3 is 5.32 Å². The van der Waals surface area contributed by atoms with Crippen LogP contribution in [0.25, 0.3) is 0 Å². The first-order valence-electron chi connectivity index (χ1n) is 5.90. The van der Waals surface area contributed by atoms with Crippen molar-refractivity contribution in [2.45, 2.75) is 20.0 Å². The Morgan fingerprint density at radius 3 is 3.00 bits per heavy atom. The first kappa shape index (κ1) is 12.4. The minimum atomic E-state index is -0.0659. The van der Waals surface area contributed by atoms with E-state index in [1.807, 2.05) is 25.3 Å². The number of hydrogen-bond donors (Lipinski definition) is 1. The molecule has 5 nitrogen and oxygen atoms in total. The van der Waals surface area contributed by atoms with Crippen LogP contribution in [0.3, 0.4) is 0 Å². The Balaban J connectivity index is 1.82. The normalized spacial score (nSPS) is 10.5. The molecule has 0 atom stereocenters. The van der Waals surface area contributed by atoms with Crippen molar-refractivity contribution in [2.24, 2.45) is 0 Å². The number of rotatable bonds is 5. The van der Waals surface area contributed by atoms with Gasteiger partial charge in [-0.3, -0.25) is 9.78 Å². The molecule has 0 spiro atoms. The van der Waals surface area contributed by atoms with Crippen molar-refractivity contribution in [1.29, 1.82) is 0 Å². The molecule has 2 aromatic rings. The van der Waals surface area contributed by atoms with Gasteiger partial charge >= 0.3 is 0 Å². The van der Waals surface area contributed by atoms with Crippen molar-refractivity contribution in [3.8, 4) is 0 Å². The zero-order valence-electron chi connectivity index (χ0n) is 10.3. The summed E-state index contributed by atoms with van der Waals surface area (Å²) in [6.07, 6.45) is 3.57. The number of nitrogens with one attached hydrogen (secondary N) is 1. The Labute approximate surface area is 105 Å². The van der Waals surface area contributed by atoms with Crippen molar-refractivity contribution in [2.75, 3.05) is 6.54 Å². The van der Waals surface area contributed by atoms with Gasteiger partial charge in [-0.05, 0) is 24.6 Å². The van der Waals surface area contributed by atoms with E-state index in [1.165, 1.54) is 4.68 Å². The minimum Gasteiger partial charge on any atom is -0.311 e. The summed E-state index contributed by atoms with van der Waals surface area (Å²) in [7, 11) is 0. The topological polar surface area (TPSA) is 59.8 Å². The number of aromatic nitrogens is 3. The quantitative estimate of drug-likeness (QED) is 0.788. The predicted octanol–water partition coefficient (Wildman–Crippen LogP) is 0.737. The first-order chi connectivity index (χ1) is 8.75. The van der Waals surface area contributed by atoms with Crippen LogP contribution < -0.4 is 10.9 Å². The fraction of sp³-hybridized carbons (Fsp3) is 0.308. The summed E-state index contributed by atoms with van der Waals surface area (Å²) in [6, 6.07) is 7.19. The zero-order chi connectivity index (χ0) is 12.8. The SMILES string of the molecule is Cc1ccc(=O)n(CCNCc2cccnc2)n1. The smallest absolute Gasteiger partial charge is 0.266 e. The van der Waals surface area contributed by atoms with Crippen molar-refractivity contribution in [3.63, 3.8) is 0 Å². The van der Waals surface area contributed by atoms with E-state index in [0.29, 0.717) is 13.1 Å². The van der Waals surface area contributed by atoms with Gasteiger partial charge in [-0.1, -0.05) is 6.07 Å². The van der Waals surface area contributed by atoms with Crippen molar-refractivity contribution >= 4 is 0 Å². The minimum absolute atomic E-state index is 0.0659. The van der Waals surface area contributed by atoms with Crippen molar-refractivity contribution in [1.82, 2.24) is 20.1 Å². The van der Waals surface area contributed by atoms with Gasteiger partial charge in [0.15, 0.2) is 0 Å². The third kappa shape index (κ3) is 3.49. The van der Waals surface area contributed by atoms with Gasteiger partial charge in [0.25, 0.3) is 5.56 Å². The van der Waals surface area contributed by atoms with Gasteiger partial charge in [0, 0.05) is 31.5 Å². The molecular weight excluding hydrogens is 228 g/mol. The largest absolute Gasteiger partial charge is 0.311 e. The summed E-state index contributed by atoms with van der Waals surface area (Å²) >= 11 is 0. The lowest BCUT2D eigenvalue weighted by Crippen LogP contribution is -2.28. The highest BCUT2D eigenvalue weighted by molar-refractivity contribution is 5.07. The van der Waals surface area contributed by atoms with E-state index in [1.54, 1.807) is 18.3 Å². The molecule has 2 aromatic heterocycles. The van der Waals surface area contributed by atoms with E-state index in [4.69, 9.17) is 0 Å². The number of pyridine rings is 1. The van der Waals surface area contributed by atoms with Crippen LogP contribution in [0.2, 0.25) is 0 Å². The molecule has 0 aliphatic rings. The molecule has 18 heavy (non-hydrogen) atoms. The molecule has 0 amide bonds. The molecule has 2 heterocycles. The third-order valence-corrected chi connectivity index (χ3v) is 2.55. The lowest BCUT2D eigenvalue weighted by molar-refractivity contribution is 0.527. The van der Waals surface area contributed by atoms with Crippen LogP contribution in [-0.4, -0.2) is 21.3 Å². The number of hydrogen-bond acceptors (Lipinski definition) is 4. The van der Waals surface area contributed by atoms with Crippen molar-refractivity contribution < 1.29 is 0 Å². The van der Waals surface area contributed by atoms with E-state index in [9.17, 15) is 4.79 Å². The predicted molar refractivity (Wildman–Crippen MR) is 69.2 cm³/mol. The second-order valence-corrected chi connectivity index (χ2v) is 4.07. The Kier molecular flexibility index (Phi) is 4.20. The van der Waals surface area contributed by atoms with E-state index in [0.717, 1.165) is 17.8 Å². The number of aryl methyl sites for hydroxylation is 1. The van der Waals surface area contributed by atoms with Gasteiger partial charge in [0.05, 0.1) is 12.2 Å². The van der Waals surface area contributed by atoms with Crippen LogP contribution in [-0.2, 0) is 13.1 Å². The molecule has 5 heteroatoms. The van der Waals surface area contributed by atoms with Gasteiger partial charge in [0.2, 0.25) is 0 Å². The molecule has 1 N–H and O–H groups in total. The maximum Gasteiger partial charge on any atom is 0.266 e. The molecule has 0 saturated heterocycles. The summed E-state index contributed by atoms with van der Waals surface area (Å²) in [4.78, 5) is 15.5. The monoisotopic (exact) mass is 244 g/mol. The van der Waals surface area contributed by atoms with Crippen LogP contribution in [0.4, 0.5) is 0 Å². The summed E-state index contributed by atoms with van der Waals surface area (Å²) in [5.74, 6) is 0. The van der Waals surface area contributed by atoms with Gasteiger partial charge in [-0.25, -0.2) is 4.68 Å². The van der Waals surface area contributed by atoms with Crippen LogP contribution in [0.5, 0.6) is 0 Å². The highest BCUT2D eigenvalue weighted by Gasteiger charge is 1.97. The molecular formula is C13H16N4O. The molecule has 0 unspecified atom stereocenters. The van der Waals surface area contributed by atoms with E-state index in [2.05, 4.69) is 15.4 Å². The standard InChI is InChI=1S/C13H16N4O/c1-11-4-5-13(18)17(16-11)8-7-15-10-12-3-2-6-14-9-12/h2-6,9,15H,7-8,10H2,1H3. The Morgan fingerprint density at radius 1 is 1.33 bits per heavy atom. The highest BCUT2D eigenvalue weighted by atomic mass is 16.1. The average molecular weight is 244 g/mol. The van der Waals surface area contributed by atoms with Crippen LogP contribution >= 0.6 is 0 Å². The fourth-order valence-corrected chi connectivity index (χ4v) is 1.63. The molecule has 94 valence electrons. The van der Waals surface area contributed by atoms with Crippen molar-refractivity contribution in [3.05, 3.63) is 58.3 Å². The maximum atomic E-state index is 11.5. The Morgan fingerprint density at radius 2 is 2.22 bits per heavy atom. The lowest BCUT2D eigenvalue weighted by Gasteiger charge is -2.06. The van der Waals surface area contributed by atoms with Gasteiger partial charge in [-0.15, -0.1) is 0 Å². The molecule has 0 radical (unpaired) electrons. The summed E-state index contributed by atoms with van der Waals surface area (Å²) in [6.45, 7) is 3.89. The third-order valence-electron chi connectivity index (χ3n) is 2.55. The first-order valence-corrected chi connectivity index (χ1v) is 5.90. The van der Waals surface area contributed by atoms with E-state index >= 15 is 0 Å². The molecule has 0 fully saturated rings. The summed E-state index contributed by atoms with van der Waals surface area (Å²) in [5, 5.41) is 7.43. The van der Waals surface area contributed by atoms with E-state index < -0.39 is 0 Å². The van der Waals surface area contributed by atoms with Crippen LogP contribution in [0.1, 0.15) is 11.3 Å². The second-order valence-electron chi connectivity index (χ2n) is 4.07. The molecule has 0 saturated carbocycles. The summed E-state index contributed by atoms with van der Waals surface area (Å²) < 4.78 is 1.48. The Bertz CT molecular complexity index is 550. The van der Waals surface area contributed by atoms with E-state index in [-0.39, 0.29) is 5.56 Å². The molecule has 0 bridgehead atoms. The zero-order valence-corrected chi connectivity index (χ0v) is 10.3. The van der Waals surface area contributed by atoms with Gasteiger partial charge in [0.1, 0.15) is 0 Å². The molecule has 0 aliphatic carbocycles. The second kappa shape index (κ2) is 6.07. The maximum absolute atomic E-state index is 11.5.